The van der Waals surface area contributed by atoms with Crippen molar-refractivity contribution in [3.05, 3.63) is 52.2 Å². The standard InChI is InChI=1S/C23H29N3O5S/c1-30-14-11-24-22(28)20(25-21(27)19-4-3-15-32-19)16-9-12-26(13-10-16)23(29)17-5-7-18(31-2)8-6-17/h3-8,15-16,20H,9-14H2,1-2H3,(H,24,28)(H,25,27)/t20-/m1/s1. The van der Waals surface area contributed by atoms with Crippen LogP contribution in [-0.4, -0.2) is 69.1 Å². The number of rotatable bonds is 9. The van der Waals surface area contributed by atoms with Crippen LogP contribution >= 0.6 is 11.3 Å². The third-order valence-electron chi connectivity index (χ3n) is 5.55. The molecule has 0 radical (unpaired) electrons. The number of benzene rings is 1. The van der Waals surface area contributed by atoms with Gasteiger partial charge in [-0.3, -0.25) is 14.4 Å². The second-order valence-corrected chi connectivity index (χ2v) is 8.52. The quantitative estimate of drug-likeness (QED) is 0.560. The fraction of sp³-hybridized carbons (Fsp3) is 0.435. The summed E-state index contributed by atoms with van der Waals surface area (Å²) in [5.74, 6) is 0.0933. The summed E-state index contributed by atoms with van der Waals surface area (Å²) in [6.45, 7) is 1.81. The van der Waals surface area contributed by atoms with Gasteiger partial charge >= 0.3 is 0 Å². The second-order valence-electron chi connectivity index (χ2n) is 7.57. The minimum atomic E-state index is -0.667. The first-order valence-electron chi connectivity index (χ1n) is 10.6. The molecule has 3 amide bonds. The fourth-order valence-corrected chi connectivity index (χ4v) is 4.38. The van der Waals surface area contributed by atoms with Crippen LogP contribution in [-0.2, 0) is 9.53 Å². The number of ether oxygens (including phenoxy) is 2. The first-order chi connectivity index (χ1) is 15.5. The summed E-state index contributed by atoms with van der Waals surface area (Å²) in [6, 6.07) is 9.90. The highest BCUT2D eigenvalue weighted by atomic mass is 32.1. The highest BCUT2D eigenvalue weighted by molar-refractivity contribution is 7.12. The van der Waals surface area contributed by atoms with Gasteiger partial charge in [0.25, 0.3) is 11.8 Å². The molecule has 0 aliphatic carbocycles. The first kappa shape index (κ1) is 23.7. The minimum Gasteiger partial charge on any atom is -0.497 e. The number of piperidine rings is 1. The van der Waals surface area contributed by atoms with Crippen LogP contribution in [0.3, 0.4) is 0 Å². The number of carbonyl (C=O) groups excluding carboxylic acids is 3. The van der Waals surface area contributed by atoms with Crippen LogP contribution in [0.2, 0.25) is 0 Å². The van der Waals surface area contributed by atoms with Gasteiger partial charge in [0.1, 0.15) is 11.8 Å². The zero-order valence-electron chi connectivity index (χ0n) is 18.3. The average molecular weight is 460 g/mol. The maximum Gasteiger partial charge on any atom is 0.262 e. The summed E-state index contributed by atoms with van der Waals surface area (Å²) in [5.41, 5.74) is 0.601. The average Bonchev–Trinajstić information content (AvgIpc) is 3.37. The zero-order valence-corrected chi connectivity index (χ0v) is 19.2. The van der Waals surface area contributed by atoms with Crippen LogP contribution in [0.5, 0.6) is 5.75 Å². The summed E-state index contributed by atoms with van der Waals surface area (Å²) in [5, 5.41) is 7.57. The summed E-state index contributed by atoms with van der Waals surface area (Å²) >= 11 is 1.33. The van der Waals surface area contributed by atoms with E-state index in [2.05, 4.69) is 10.6 Å². The molecule has 2 N–H and O–H groups in total. The van der Waals surface area contributed by atoms with Gasteiger partial charge < -0.3 is 25.0 Å². The molecule has 0 bridgehead atoms. The summed E-state index contributed by atoms with van der Waals surface area (Å²) in [4.78, 5) is 40.7. The second kappa shape index (κ2) is 11.6. The van der Waals surface area contributed by atoms with Crippen LogP contribution in [0.4, 0.5) is 0 Å². The van der Waals surface area contributed by atoms with E-state index >= 15 is 0 Å². The smallest absolute Gasteiger partial charge is 0.262 e. The Morgan fingerprint density at radius 1 is 1.12 bits per heavy atom. The van der Waals surface area contributed by atoms with Crippen LogP contribution in [0.1, 0.15) is 32.9 Å². The molecule has 32 heavy (non-hydrogen) atoms. The predicted molar refractivity (Wildman–Crippen MR) is 122 cm³/mol. The van der Waals surface area contributed by atoms with Gasteiger partial charge in [0, 0.05) is 32.3 Å². The molecule has 1 aliphatic rings. The summed E-state index contributed by atoms with van der Waals surface area (Å²) in [6.07, 6.45) is 1.24. The van der Waals surface area contributed by atoms with E-state index in [0.717, 1.165) is 0 Å². The van der Waals surface area contributed by atoms with Crippen molar-refractivity contribution in [1.29, 1.82) is 0 Å². The zero-order chi connectivity index (χ0) is 22.9. The molecular formula is C23H29N3O5S. The van der Waals surface area contributed by atoms with Crippen molar-refractivity contribution in [3.63, 3.8) is 0 Å². The molecule has 0 saturated carbocycles. The van der Waals surface area contributed by atoms with E-state index in [0.29, 0.717) is 55.3 Å². The van der Waals surface area contributed by atoms with Crippen molar-refractivity contribution < 1.29 is 23.9 Å². The molecule has 1 saturated heterocycles. The molecule has 0 unspecified atom stereocenters. The van der Waals surface area contributed by atoms with Gasteiger partial charge in [-0.05, 0) is 54.5 Å². The van der Waals surface area contributed by atoms with Crippen molar-refractivity contribution in [2.45, 2.75) is 18.9 Å². The molecule has 1 aromatic heterocycles. The van der Waals surface area contributed by atoms with Gasteiger partial charge in [0.2, 0.25) is 5.91 Å². The van der Waals surface area contributed by atoms with Crippen molar-refractivity contribution >= 4 is 29.1 Å². The molecule has 1 aliphatic heterocycles. The van der Waals surface area contributed by atoms with E-state index in [1.54, 1.807) is 55.5 Å². The van der Waals surface area contributed by atoms with E-state index in [1.165, 1.54) is 11.3 Å². The summed E-state index contributed by atoms with van der Waals surface area (Å²) < 4.78 is 10.1. The maximum atomic E-state index is 12.8. The minimum absolute atomic E-state index is 0.0465. The predicted octanol–water partition coefficient (Wildman–Crippen LogP) is 2.17. The molecule has 1 atom stereocenters. The van der Waals surface area contributed by atoms with Crippen molar-refractivity contribution in [2.24, 2.45) is 5.92 Å². The lowest BCUT2D eigenvalue weighted by Gasteiger charge is -2.35. The Labute approximate surface area is 191 Å². The highest BCUT2D eigenvalue weighted by Crippen LogP contribution is 2.24. The molecule has 2 aromatic rings. The number of nitrogens with zero attached hydrogens (tertiary/aromatic N) is 1. The molecule has 3 rings (SSSR count). The van der Waals surface area contributed by atoms with E-state index in [-0.39, 0.29) is 23.6 Å². The number of amides is 3. The Hall–Kier alpha value is -2.91. The topological polar surface area (TPSA) is 97.0 Å². The number of methoxy groups -OCH3 is 2. The number of hydrogen-bond acceptors (Lipinski definition) is 6. The van der Waals surface area contributed by atoms with E-state index in [9.17, 15) is 14.4 Å². The number of thiophene rings is 1. The lowest BCUT2D eigenvalue weighted by atomic mass is 9.88. The molecule has 8 nitrogen and oxygen atoms in total. The fourth-order valence-electron chi connectivity index (χ4n) is 3.76. The van der Waals surface area contributed by atoms with Gasteiger partial charge in [-0.2, -0.15) is 0 Å². The van der Waals surface area contributed by atoms with Gasteiger partial charge in [0.05, 0.1) is 18.6 Å². The number of nitrogens with one attached hydrogen (secondary N) is 2. The number of hydrogen-bond donors (Lipinski definition) is 2. The Morgan fingerprint density at radius 3 is 2.44 bits per heavy atom. The SMILES string of the molecule is COCCNC(=O)[C@H](NC(=O)c1cccs1)C1CCN(C(=O)c2ccc(OC)cc2)CC1. The van der Waals surface area contributed by atoms with Crippen LogP contribution < -0.4 is 15.4 Å². The van der Waals surface area contributed by atoms with Gasteiger partial charge in [-0.25, -0.2) is 0 Å². The van der Waals surface area contributed by atoms with E-state index in [4.69, 9.17) is 9.47 Å². The van der Waals surface area contributed by atoms with Gasteiger partial charge in [-0.1, -0.05) is 6.07 Å². The lowest BCUT2D eigenvalue weighted by molar-refractivity contribution is -0.124. The molecule has 1 aromatic carbocycles. The van der Waals surface area contributed by atoms with Crippen molar-refractivity contribution in [2.75, 3.05) is 40.5 Å². The van der Waals surface area contributed by atoms with Crippen molar-refractivity contribution in [1.82, 2.24) is 15.5 Å². The van der Waals surface area contributed by atoms with Crippen LogP contribution in [0, 0.1) is 5.92 Å². The van der Waals surface area contributed by atoms with Gasteiger partial charge in [-0.15, -0.1) is 11.3 Å². The van der Waals surface area contributed by atoms with Gasteiger partial charge in [0.15, 0.2) is 0 Å². The first-order valence-corrected chi connectivity index (χ1v) is 11.5. The normalized spacial score (nSPS) is 15.1. The third kappa shape index (κ3) is 6.08. The largest absolute Gasteiger partial charge is 0.497 e. The third-order valence-corrected chi connectivity index (χ3v) is 6.42. The number of likely N-dealkylation sites (tertiary alicyclic amines) is 1. The summed E-state index contributed by atoms with van der Waals surface area (Å²) in [7, 11) is 3.15. The van der Waals surface area contributed by atoms with Crippen molar-refractivity contribution in [3.8, 4) is 5.75 Å². The molecule has 2 heterocycles. The van der Waals surface area contributed by atoms with Crippen LogP contribution in [0.15, 0.2) is 41.8 Å². The Morgan fingerprint density at radius 2 is 1.84 bits per heavy atom. The lowest BCUT2D eigenvalue weighted by Crippen LogP contribution is -2.54. The Balaban J connectivity index is 1.63. The number of carbonyl (C=O) groups is 3. The highest BCUT2D eigenvalue weighted by Gasteiger charge is 2.34. The van der Waals surface area contributed by atoms with E-state index in [1.807, 2.05) is 5.38 Å². The molecule has 1 fully saturated rings. The monoisotopic (exact) mass is 459 g/mol. The molecule has 9 heteroatoms. The Bertz CT molecular complexity index is 893. The molecular weight excluding hydrogens is 430 g/mol. The molecule has 172 valence electrons. The Kier molecular flexibility index (Phi) is 8.64. The molecule has 0 spiro atoms. The van der Waals surface area contributed by atoms with E-state index < -0.39 is 6.04 Å². The van der Waals surface area contributed by atoms with Crippen LogP contribution in [0.25, 0.3) is 0 Å². The maximum absolute atomic E-state index is 12.8.